The first-order chi connectivity index (χ1) is 9.74. The molecule has 0 saturated carbocycles. The fourth-order valence-corrected chi connectivity index (χ4v) is 3.64. The predicted octanol–water partition coefficient (Wildman–Crippen LogP) is 3.79. The number of nitrogens with zero attached hydrogens (tertiary/aromatic N) is 1. The van der Waals surface area contributed by atoms with Crippen molar-refractivity contribution >= 4 is 17.2 Å². The Balaban J connectivity index is 1.73. The molecular formula is C16H16FNOS. The van der Waals surface area contributed by atoms with Gasteiger partial charge in [0, 0.05) is 11.4 Å². The molecule has 3 rings (SSSR count). The molecule has 0 aliphatic carbocycles. The Morgan fingerprint density at radius 3 is 3.00 bits per heavy atom. The molecule has 2 heterocycles. The van der Waals surface area contributed by atoms with E-state index >= 15 is 0 Å². The maximum Gasteiger partial charge on any atom is 0.227 e. The Hall–Kier alpha value is -1.68. The number of benzene rings is 1. The van der Waals surface area contributed by atoms with Gasteiger partial charge in [-0.3, -0.25) is 4.79 Å². The second kappa shape index (κ2) is 5.75. The van der Waals surface area contributed by atoms with Gasteiger partial charge in [0.2, 0.25) is 5.91 Å². The minimum Gasteiger partial charge on any atom is -0.335 e. The molecule has 0 spiro atoms. The molecule has 2 nitrogen and oxygen atoms in total. The van der Waals surface area contributed by atoms with Crippen molar-refractivity contribution in [2.75, 3.05) is 6.54 Å². The molecule has 1 atom stereocenters. The van der Waals surface area contributed by atoms with Crippen LogP contribution in [-0.2, 0) is 11.2 Å². The smallest absolute Gasteiger partial charge is 0.227 e. The lowest BCUT2D eigenvalue weighted by molar-refractivity contribution is -0.131. The van der Waals surface area contributed by atoms with Crippen LogP contribution in [0.15, 0.2) is 41.8 Å². The second-order valence-electron chi connectivity index (χ2n) is 5.07. The highest BCUT2D eigenvalue weighted by Gasteiger charge is 2.30. The summed E-state index contributed by atoms with van der Waals surface area (Å²) in [5.41, 5.74) is 0.742. The molecule has 1 fully saturated rings. The summed E-state index contributed by atoms with van der Waals surface area (Å²) in [5, 5.41) is 2.04. The van der Waals surface area contributed by atoms with Crippen LogP contribution in [0.5, 0.6) is 0 Å². The Labute approximate surface area is 121 Å². The highest BCUT2D eigenvalue weighted by Crippen LogP contribution is 2.34. The van der Waals surface area contributed by atoms with E-state index in [2.05, 4.69) is 6.07 Å². The van der Waals surface area contributed by atoms with Crippen LogP contribution >= 0.6 is 11.3 Å². The first-order valence-electron chi connectivity index (χ1n) is 6.81. The zero-order valence-electron chi connectivity index (χ0n) is 11.1. The zero-order chi connectivity index (χ0) is 13.9. The van der Waals surface area contributed by atoms with E-state index in [0.717, 1.165) is 24.9 Å². The van der Waals surface area contributed by atoms with E-state index in [9.17, 15) is 9.18 Å². The van der Waals surface area contributed by atoms with Crippen molar-refractivity contribution in [1.82, 2.24) is 4.90 Å². The number of likely N-dealkylation sites (tertiary alicyclic amines) is 1. The predicted molar refractivity (Wildman–Crippen MR) is 78.1 cm³/mol. The summed E-state index contributed by atoms with van der Waals surface area (Å²) in [6.07, 6.45) is 2.34. The molecule has 1 aliphatic heterocycles. The van der Waals surface area contributed by atoms with Crippen LogP contribution < -0.4 is 0 Å². The molecular weight excluding hydrogens is 273 g/mol. The highest BCUT2D eigenvalue weighted by atomic mass is 32.1. The summed E-state index contributed by atoms with van der Waals surface area (Å²) < 4.78 is 13.2. The van der Waals surface area contributed by atoms with Gasteiger partial charge in [-0.2, -0.15) is 0 Å². The van der Waals surface area contributed by atoms with Gasteiger partial charge in [0.25, 0.3) is 0 Å². The van der Waals surface area contributed by atoms with E-state index in [4.69, 9.17) is 0 Å². The number of carbonyl (C=O) groups is 1. The van der Waals surface area contributed by atoms with E-state index in [-0.39, 0.29) is 24.2 Å². The van der Waals surface area contributed by atoms with Crippen LogP contribution in [-0.4, -0.2) is 17.4 Å². The molecule has 1 unspecified atom stereocenters. The number of rotatable bonds is 3. The summed E-state index contributed by atoms with van der Waals surface area (Å²) in [7, 11) is 0. The molecule has 2 aromatic rings. The quantitative estimate of drug-likeness (QED) is 0.841. The van der Waals surface area contributed by atoms with Crippen LogP contribution in [0, 0.1) is 5.82 Å². The van der Waals surface area contributed by atoms with E-state index in [1.54, 1.807) is 23.5 Å². The first kappa shape index (κ1) is 13.3. The van der Waals surface area contributed by atoms with Crippen molar-refractivity contribution < 1.29 is 9.18 Å². The van der Waals surface area contributed by atoms with Crippen molar-refractivity contribution in [2.24, 2.45) is 0 Å². The van der Waals surface area contributed by atoms with E-state index < -0.39 is 0 Å². The Morgan fingerprint density at radius 2 is 2.25 bits per heavy atom. The summed E-state index contributed by atoms with van der Waals surface area (Å²) in [6.45, 7) is 0.802. The van der Waals surface area contributed by atoms with E-state index in [1.807, 2.05) is 16.3 Å². The summed E-state index contributed by atoms with van der Waals surface area (Å²) in [6, 6.07) is 10.6. The van der Waals surface area contributed by atoms with Crippen LogP contribution in [0.2, 0.25) is 0 Å². The van der Waals surface area contributed by atoms with Crippen LogP contribution in [0.4, 0.5) is 4.39 Å². The third kappa shape index (κ3) is 2.75. The number of amides is 1. The standard InChI is InChI=1S/C16H16FNOS/c17-13-5-1-4-12(10-13)11-16(19)18-8-2-6-14(18)15-7-3-9-20-15/h1,3-5,7,9-10,14H,2,6,8,11H2. The lowest BCUT2D eigenvalue weighted by atomic mass is 10.1. The number of halogens is 1. The number of hydrogen-bond donors (Lipinski definition) is 0. The van der Waals surface area contributed by atoms with Crippen molar-refractivity contribution in [2.45, 2.75) is 25.3 Å². The fourth-order valence-electron chi connectivity index (χ4n) is 2.76. The monoisotopic (exact) mass is 289 g/mol. The van der Waals surface area contributed by atoms with Gasteiger partial charge in [0.1, 0.15) is 5.82 Å². The van der Waals surface area contributed by atoms with E-state index in [0.29, 0.717) is 0 Å². The maximum atomic E-state index is 13.2. The van der Waals surface area contributed by atoms with Gasteiger partial charge in [0.05, 0.1) is 12.5 Å². The van der Waals surface area contributed by atoms with Crippen LogP contribution in [0.1, 0.15) is 29.3 Å². The van der Waals surface area contributed by atoms with Crippen LogP contribution in [0.25, 0.3) is 0 Å². The lowest BCUT2D eigenvalue weighted by Crippen LogP contribution is -2.31. The zero-order valence-corrected chi connectivity index (χ0v) is 11.9. The molecule has 0 N–H and O–H groups in total. The SMILES string of the molecule is O=C(Cc1cccc(F)c1)N1CCCC1c1cccs1. The van der Waals surface area contributed by atoms with E-state index in [1.165, 1.54) is 17.0 Å². The Bertz CT molecular complexity index is 596. The first-order valence-corrected chi connectivity index (χ1v) is 7.69. The van der Waals surface area contributed by atoms with Crippen LogP contribution in [0.3, 0.4) is 0 Å². The molecule has 20 heavy (non-hydrogen) atoms. The average Bonchev–Trinajstić information content (AvgIpc) is 3.09. The van der Waals surface area contributed by atoms with Gasteiger partial charge in [-0.15, -0.1) is 11.3 Å². The largest absolute Gasteiger partial charge is 0.335 e. The third-order valence-corrected chi connectivity index (χ3v) is 4.66. The molecule has 0 bridgehead atoms. The van der Waals surface area contributed by atoms with Gasteiger partial charge in [-0.25, -0.2) is 4.39 Å². The van der Waals surface area contributed by atoms with Crippen molar-refractivity contribution in [1.29, 1.82) is 0 Å². The fraction of sp³-hybridized carbons (Fsp3) is 0.312. The molecule has 1 saturated heterocycles. The molecule has 4 heteroatoms. The van der Waals surface area contributed by atoms with Gasteiger partial charge >= 0.3 is 0 Å². The van der Waals surface area contributed by atoms with Crippen molar-refractivity contribution in [3.8, 4) is 0 Å². The molecule has 1 aliphatic rings. The van der Waals surface area contributed by atoms with Gasteiger partial charge in [0.15, 0.2) is 0 Å². The van der Waals surface area contributed by atoms with Crippen molar-refractivity contribution in [3.05, 3.63) is 58.0 Å². The van der Waals surface area contributed by atoms with Crippen molar-refractivity contribution in [3.63, 3.8) is 0 Å². The maximum absolute atomic E-state index is 13.2. The summed E-state index contributed by atoms with van der Waals surface area (Å²) in [5.74, 6) is -0.196. The third-order valence-electron chi connectivity index (χ3n) is 3.69. The second-order valence-corrected chi connectivity index (χ2v) is 6.05. The molecule has 1 aromatic carbocycles. The van der Waals surface area contributed by atoms with Gasteiger partial charge in [-0.05, 0) is 42.0 Å². The van der Waals surface area contributed by atoms with Gasteiger partial charge in [-0.1, -0.05) is 18.2 Å². The highest BCUT2D eigenvalue weighted by molar-refractivity contribution is 7.10. The Kier molecular flexibility index (Phi) is 3.83. The number of carbonyl (C=O) groups excluding carboxylic acids is 1. The number of thiophene rings is 1. The Morgan fingerprint density at radius 1 is 1.35 bits per heavy atom. The lowest BCUT2D eigenvalue weighted by Gasteiger charge is -2.24. The normalized spacial score (nSPS) is 18.4. The minimum atomic E-state index is -0.286. The molecule has 1 aromatic heterocycles. The molecule has 1 amide bonds. The number of hydrogen-bond acceptors (Lipinski definition) is 2. The molecule has 104 valence electrons. The summed E-state index contributed by atoms with van der Waals surface area (Å²) >= 11 is 1.70. The van der Waals surface area contributed by atoms with Gasteiger partial charge < -0.3 is 4.90 Å². The average molecular weight is 289 g/mol. The topological polar surface area (TPSA) is 20.3 Å². The minimum absolute atomic E-state index is 0.0894. The summed E-state index contributed by atoms with van der Waals surface area (Å²) in [4.78, 5) is 15.6. The molecule has 0 radical (unpaired) electrons.